The molecule has 0 amide bonds. The molecule has 1 nitrogen and oxygen atoms in total. The molecule has 0 bridgehead atoms. The van der Waals surface area contributed by atoms with Crippen molar-refractivity contribution in [3.8, 4) is 0 Å². The van der Waals surface area contributed by atoms with E-state index in [0.717, 1.165) is 0 Å². The van der Waals surface area contributed by atoms with Crippen molar-refractivity contribution in [1.82, 2.24) is 5.12 Å². The zero-order valence-electron chi connectivity index (χ0n) is 5.50. The molecule has 12 heavy (non-hydrogen) atoms. The predicted molar refractivity (Wildman–Crippen MR) is 26.6 cm³/mol. The molecule has 0 aliphatic carbocycles. The summed E-state index contributed by atoms with van der Waals surface area (Å²) in [6.07, 6.45) is -2.07. The van der Waals surface area contributed by atoms with Gasteiger partial charge in [-0.1, -0.05) is 4.48 Å². The highest BCUT2D eigenvalue weighted by Crippen LogP contribution is 2.45. The number of allylic oxidation sites excluding steroid dienone is 1. The van der Waals surface area contributed by atoms with Crippen molar-refractivity contribution in [2.45, 2.75) is 18.4 Å². The third-order valence-corrected chi connectivity index (χ3v) is 1.35. The van der Waals surface area contributed by atoms with Crippen molar-refractivity contribution < 1.29 is 26.4 Å². The molecule has 0 aromatic carbocycles. The maximum absolute atomic E-state index is 12.2. The molecule has 0 spiro atoms. The quantitative estimate of drug-likeness (QED) is 0.323. The van der Waals surface area contributed by atoms with Crippen molar-refractivity contribution in [1.29, 1.82) is 0 Å². The van der Waals surface area contributed by atoms with E-state index in [1.165, 1.54) is 0 Å². The number of hydrogen-bond acceptors (Lipinski definition) is 1. The Hall–Kier alpha value is -0.880. The number of halogens is 6. The van der Waals surface area contributed by atoms with Crippen LogP contribution in [0.15, 0.2) is 12.0 Å². The van der Waals surface area contributed by atoms with E-state index in [4.69, 9.17) is 0 Å². The van der Waals surface area contributed by atoms with Crippen LogP contribution in [0.2, 0.25) is 0 Å². The topological polar surface area (TPSA) is 3.24 Å². The van der Waals surface area contributed by atoms with Gasteiger partial charge in [0.15, 0.2) is 0 Å². The van der Waals surface area contributed by atoms with Crippen LogP contribution >= 0.6 is 0 Å². The average Bonchev–Trinajstić information content (AvgIpc) is 1.82. The van der Waals surface area contributed by atoms with Crippen LogP contribution in [0, 0.1) is 0 Å². The Morgan fingerprint density at radius 1 is 1.25 bits per heavy atom. The molecule has 0 saturated heterocycles. The van der Waals surface area contributed by atoms with E-state index in [1.54, 1.807) is 0 Å². The third kappa shape index (κ3) is 1.12. The van der Waals surface area contributed by atoms with E-state index in [-0.39, 0.29) is 6.20 Å². The van der Waals surface area contributed by atoms with Crippen LogP contribution in [0.5, 0.6) is 0 Å². The molecule has 0 radical (unpaired) electrons. The Morgan fingerprint density at radius 2 is 1.75 bits per heavy atom. The van der Waals surface area contributed by atoms with Gasteiger partial charge in [-0.3, -0.25) is 0 Å². The second-order valence-corrected chi connectivity index (χ2v) is 2.31. The second kappa shape index (κ2) is 2.30. The summed E-state index contributed by atoms with van der Waals surface area (Å²) in [7, 11) is 0. The first-order valence-corrected chi connectivity index (χ1v) is 2.84. The van der Waals surface area contributed by atoms with Gasteiger partial charge in [0.05, 0.1) is 12.6 Å². The van der Waals surface area contributed by atoms with Crippen LogP contribution < -0.4 is 0 Å². The van der Waals surface area contributed by atoms with Gasteiger partial charge in [0.2, 0.25) is 0 Å². The third-order valence-electron chi connectivity index (χ3n) is 1.35. The van der Waals surface area contributed by atoms with E-state index in [0.29, 0.717) is 0 Å². The first kappa shape index (κ1) is 9.21. The molecule has 1 heterocycles. The first-order valence-electron chi connectivity index (χ1n) is 2.84. The Balaban J connectivity index is 3.04. The van der Waals surface area contributed by atoms with Gasteiger partial charge in [-0.15, -0.1) is 5.12 Å². The summed E-state index contributed by atoms with van der Waals surface area (Å²) in [5.74, 6) is -6.32. The summed E-state index contributed by atoms with van der Waals surface area (Å²) in [6, 6.07) is -4.97. The zero-order chi connectivity index (χ0) is 9.57. The molecule has 1 rings (SSSR count). The smallest absolute Gasteiger partial charge is 0.210 e. The molecule has 0 fully saturated rings. The van der Waals surface area contributed by atoms with Crippen LogP contribution in [-0.2, 0) is 0 Å². The van der Waals surface area contributed by atoms with Crippen molar-refractivity contribution in [2.75, 3.05) is 0 Å². The molecule has 0 N–H and O–H groups in total. The normalized spacial score (nSPS) is 26.8. The minimum Gasteiger partial charge on any atom is -0.210 e. The van der Waals surface area contributed by atoms with Crippen molar-refractivity contribution >= 4 is 0 Å². The Morgan fingerprint density at radius 3 is 2.17 bits per heavy atom. The lowest BCUT2D eigenvalue weighted by Crippen LogP contribution is -2.51. The predicted octanol–water partition coefficient (Wildman–Crippen LogP) is 2.62. The molecule has 0 aromatic rings. The lowest BCUT2D eigenvalue weighted by Gasteiger charge is -2.32. The highest BCUT2D eigenvalue weighted by molar-refractivity contribution is 5.05. The van der Waals surface area contributed by atoms with Crippen LogP contribution in [0.4, 0.5) is 26.4 Å². The molecule has 7 heteroatoms. The lowest BCUT2D eigenvalue weighted by atomic mass is 10.1. The van der Waals surface area contributed by atoms with Crippen molar-refractivity contribution in [2.24, 2.45) is 0 Å². The summed E-state index contributed by atoms with van der Waals surface area (Å²) in [6.45, 7) is 0. The average molecular weight is 191 g/mol. The second-order valence-electron chi connectivity index (χ2n) is 2.31. The molecule has 0 unspecified atom stereocenters. The molecular formula is C5H3F6N. The zero-order valence-corrected chi connectivity index (χ0v) is 5.50. The standard InChI is InChI=1S/C5H3F6N/c6-3-1-4(7,8)5(9,10)12(11)2-3/h2H,1H2. The van der Waals surface area contributed by atoms with Crippen LogP contribution in [-0.4, -0.2) is 17.1 Å². The molecular weight excluding hydrogens is 188 g/mol. The Labute approximate surface area is 63.2 Å². The fourth-order valence-electron chi connectivity index (χ4n) is 0.724. The van der Waals surface area contributed by atoms with Crippen LogP contribution in [0.25, 0.3) is 0 Å². The van der Waals surface area contributed by atoms with Gasteiger partial charge in [-0.05, 0) is 0 Å². The van der Waals surface area contributed by atoms with Crippen molar-refractivity contribution in [3.05, 3.63) is 12.0 Å². The largest absolute Gasteiger partial charge is 0.413 e. The molecule has 0 saturated carbocycles. The SMILES string of the molecule is FC1=CN(F)C(F)(F)C(F)(F)C1. The molecule has 0 atom stereocenters. The maximum atomic E-state index is 12.2. The fraction of sp³-hybridized carbons (Fsp3) is 0.600. The van der Waals surface area contributed by atoms with Gasteiger partial charge in [-0.2, -0.15) is 17.6 Å². The Bertz CT molecular complexity index is 222. The summed E-state index contributed by atoms with van der Waals surface area (Å²) in [4.78, 5) is 0. The van der Waals surface area contributed by atoms with Crippen LogP contribution in [0.1, 0.15) is 6.42 Å². The van der Waals surface area contributed by atoms with Gasteiger partial charge >= 0.3 is 12.0 Å². The highest BCUT2D eigenvalue weighted by Gasteiger charge is 2.63. The number of rotatable bonds is 0. The van der Waals surface area contributed by atoms with Gasteiger partial charge in [0.1, 0.15) is 5.83 Å². The molecule has 70 valence electrons. The summed E-state index contributed by atoms with van der Waals surface area (Å²) in [5.41, 5.74) is 0. The van der Waals surface area contributed by atoms with E-state index < -0.39 is 29.3 Å². The number of hydrogen-bond donors (Lipinski definition) is 0. The van der Waals surface area contributed by atoms with E-state index in [2.05, 4.69) is 0 Å². The Kier molecular flexibility index (Phi) is 1.77. The highest BCUT2D eigenvalue weighted by atomic mass is 19.3. The van der Waals surface area contributed by atoms with Crippen LogP contribution in [0.3, 0.4) is 0 Å². The first-order chi connectivity index (χ1) is 5.27. The summed E-state index contributed by atoms with van der Waals surface area (Å²) >= 11 is 0. The maximum Gasteiger partial charge on any atom is 0.413 e. The van der Waals surface area contributed by atoms with E-state index in [9.17, 15) is 26.4 Å². The molecule has 1 aliphatic heterocycles. The molecule has 0 aromatic heterocycles. The van der Waals surface area contributed by atoms with Gasteiger partial charge < -0.3 is 0 Å². The van der Waals surface area contributed by atoms with Gasteiger partial charge in [0.25, 0.3) is 0 Å². The van der Waals surface area contributed by atoms with Gasteiger partial charge in [0, 0.05) is 0 Å². The fourth-order valence-corrected chi connectivity index (χ4v) is 0.724. The summed E-state index contributed by atoms with van der Waals surface area (Å²) < 4.78 is 72.7. The van der Waals surface area contributed by atoms with E-state index in [1.807, 2.05) is 0 Å². The summed E-state index contributed by atoms with van der Waals surface area (Å²) in [5, 5.41) is -1.62. The number of alkyl halides is 4. The van der Waals surface area contributed by atoms with Gasteiger partial charge in [-0.25, -0.2) is 4.39 Å². The monoisotopic (exact) mass is 191 g/mol. The minimum absolute atomic E-state index is 0.294. The van der Waals surface area contributed by atoms with E-state index >= 15 is 0 Å². The lowest BCUT2D eigenvalue weighted by molar-refractivity contribution is -0.325. The number of nitrogens with zero attached hydrogens (tertiary/aromatic N) is 1. The minimum atomic E-state index is -4.97. The molecule has 1 aliphatic rings. The van der Waals surface area contributed by atoms with Crippen molar-refractivity contribution in [3.63, 3.8) is 0 Å².